The summed E-state index contributed by atoms with van der Waals surface area (Å²) in [5, 5.41) is 6.01. The van der Waals surface area contributed by atoms with Gasteiger partial charge in [-0.1, -0.05) is 34.1 Å². The minimum atomic E-state index is -0.764. The van der Waals surface area contributed by atoms with Gasteiger partial charge in [-0.15, -0.1) is 6.42 Å². The van der Waals surface area contributed by atoms with Crippen molar-refractivity contribution in [1.82, 2.24) is 5.32 Å². The fourth-order valence-corrected chi connectivity index (χ4v) is 0.885. The summed E-state index contributed by atoms with van der Waals surface area (Å²) in [5.41, 5.74) is 0. The molecule has 1 N–H and O–H groups in total. The predicted molar refractivity (Wildman–Crippen MR) is 74.2 cm³/mol. The molecule has 6 heteroatoms. The molecule has 1 unspecified atom stereocenters. The molecule has 0 aliphatic rings. The van der Waals surface area contributed by atoms with Crippen molar-refractivity contribution in [3.8, 4) is 0 Å². The number of rotatable bonds is 6. The number of carbonyl (C=O) groups excluding carboxylic acids is 3. The van der Waals surface area contributed by atoms with Crippen LogP contribution in [0.25, 0.3) is 5.32 Å². The zero-order valence-electron chi connectivity index (χ0n) is 12.7. The molecule has 0 aromatic carbocycles. The van der Waals surface area contributed by atoms with E-state index in [9.17, 15) is 14.4 Å². The van der Waals surface area contributed by atoms with E-state index in [4.69, 9.17) is 0 Å². The molecule has 0 spiro atoms. The van der Waals surface area contributed by atoms with E-state index < -0.39 is 11.9 Å². The van der Waals surface area contributed by atoms with Gasteiger partial charge in [-0.2, -0.15) is 0 Å². The van der Waals surface area contributed by atoms with Gasteiger partial charge in [0.1, 0.15) is 6.29 Å². The molecule has 111 valence electrons. The number of hydrogen-bond donors (Lipinski definition) is 1. The van der Waals surface area contributed by atoms with E-state index in [-0.39, 0.29) is 57.9 Å². The van der Waals surface area contributed by atoms with Gasteiger partial charge in [0, 0.05) is 52.1 Å². The topological polar surface area (TPSA) is 77.3 Å². The van der Waals surface area contributed by atoms with Crippen LogP contribution in [-0.4, -0.2) is 31.2 Å². The molecular weight excluding hydrogens is 321 g/mol. The van der Waals surface area contributed by atoms with Crippen LogP contribution in [0.3, 0.4) is 0 Å². The van der Waals surface area contributed by atoms with Crippen molar-refractivity contribution < 1.29 is 47.1 Å². The second-order valence-corrected chi connectivity index (χ2v) is 2.65. The molecule has 1 atom stereocenters. The summed E-state index contributed by atoms with van der Waals surface area (Å²) in [7, 11) is 1.46. The van der Waals surface area contributed by atoms with Crippen LogP contribution in [0.1, 0.15) is 47.0 Å². The zero-order chi connectivity index (χ0) is 15.0. The quantitative estimate of drug-likeness (QED) is 0.591. The molecular formula is C13H26N2O3Y-2. The Bertz CT molecular complexity index is 224. The summed E-state index contributed by atoms with van der Waals surface area (Å²) in [5.74, 6) is -0.779. The average molecular weight is 347 g/mol. The van der Waals surface area contributed by atoms with Crippen molar-refractivity contribution in [2.75, 3.05) is 7.05 Å². The minimum absolute atomic E-state index is 0. The van der Waals surface area contributed by atoms with Gasteiger partial charge >= 0.3 is 0 Å². The van der Waals surface area contributed by atoms with Crippen molar-refractivity contribution in [1.29, 1.82) is 0 Å². The number of carbonyl (C=O) groups is 3. The Morgan fingerprint density at radius 2 is 1.74 bits per heavy atom. The summed E-state index contributed by atoms with van der Waals surface area (Å²) < 4.78 is 0. The summed E-state index contributed by atoms with van der Waals surface area (Å²) >= 11 is 0. The molecule has 0 rings (SSSR count). The van der Waals surface area contributed by atoms with Crippen LogP contribution in [-0.2, 0) is 47.1 Å². The number of nitrogens with zero attached hydrogens (tertiary/aromatic N) is 1. The van der Waals surface area contributed by atoms with Crippen LogP contribution in [0.15, 0.2) is 0 Å². The second-order valence-electron chi connectivity index (χ2n) is 2.65. The van der Waals surface area contributed by atoms with Crippen LogP contribution < -0.4 is 5.32 Å². The molecule has 5 nitrogen and oxygen atoms in total. The van der Waals surface area contributed by atoms with E-state index in [0.29, 0.717) is 6.29 Å². The fraction of sp³-hybridized carbons (Fsp3) is 0.692. The molecule has 0 saturated heterocycles. The molecule has 19 heavy (non-hydrogen) atoms. The average Bonchev–Trinajstić information content (AvgIpc) is 2.46. The normalized spacial score (nSPS) is 9.16. The van der Waals surface area contributed by atoms with Crippen LogP contribution in [0.4, 0.5) is 0 Å². The molecule has 0 aromatic rings. The zero-order valence-corrected chi connectivity index (χ0v) is 15.6. The monoisotopic (exact) mass is 347 g/mol. The Morgan fingerprint density at radius 1 is 1.26 bits per heavy atom. The number of nitrogens with one attached hydrogen (secondary N) is 1. The molecule has 0 bridgehead atoms. The van der Waals surface area contributed by atoms with E-state index in [2.05, 4.69) is 17.6 Å². The van der Waals surface area contributed by atoms with Crippen molar-refractivity contribution >= 4 is 18.1 Å². The summed E-state index contributed by atoms with van der Waals surface area (Å²) in [4.78, 5) is 32.2. The number of amides is 2. The third-order valence-electron chi connectivity index (χ3n) is 1.62. The van der Waals surface area contributed by atoms with E-state index in [1.54, 1.807) is 0 Å². The number of aldehydes is 1. The third kappa shape index (κ3) is 17.7. The molecule has 1 radical (unpaired) electrons. The van der Waals surface area contributed by atoms with Crippen molar-refractivity contribution in [3.05, 3.63) is 12.2 Å². The minimum Gasteiger partial charge on any atom is -0.645 e. The largest absolute Gasteiger partial charge is 0.645 e. The maximum Gasteiger partial charge on any atom is 0.205 e. The van der Waals surface area contributed by atoms with Crippen LogP contribution in [0, 0.1) is 6.92 Å². The Kier molecular flexibility index (Phi) is 32.6. The Labute approximate surface area is 142 Å². The third-order valence-corrected chi connectivity index (χ3v) is 1.62. The van der Waals surface area contributed by atoms with Crippen molar-refractivity contribution in [3.63, 3.8) is 0 Å². The molecule has 0 aliphatic carbocycles. The van der Waals surface area contributed by atoms with Gasteiger partial charge < -0.3 is 27.1 Å². The smallest absolute Gasteiger partial charge is 0.205 e. The molecule has 0 aliphatic heterocycles. The second kappa shape index (κ2) is 22.9. The van der Waals surface area contributed by atoms with E-state index in [1.807, 2.05) is 27.7 Å². The fourth-order valence-electron chi connectivity index (χ4n) is 0.885. The summed E-state index contributed by atoms with van der Waals surface area (Å²) in [6, 6.07) is -0.764. The molecule has 0 heterocycles. The maximum absolute atomic E-state index is 11.2. The summed E-state index contributed by atoms with van der Waals surface area (Å²) in [6.45, 7) is 11.4. The van der Waals surface area contributed by atoms with E-state index in [1.165, 1.54) is 7.05 Å². The Hall–Kier alpha value is -0.286. The number of likely N-dealkylation sites (N-methyl/N-ethyl adjacent to an activating group) is 1. The first-order valence-electron chi connectivity index (χ1n) is 6.33. The molecule has 0 fully saturated rings. The van der Waals surface area contributed by atoms with Crippen molar-refractivity contribution in [2.24, 2.45) is 0 Å². The van der Waals surface area contributed by atoms with Crippen molar-refractivity contribution in [2.45, 2.75) is 53.0 Å². The number of hydrogen-bond acceptors (Lipinski definition) is 3. The van der Waals surface area contributed by atoms with Gasteiger partial charge in [0.25, 0.3) is 0 Å². The standard InChI is InChI=1S/C9H15N2O3.2C2H6.Y/c1-3-8(13)11-7(5-4-6-12)9(14)10-2;2*1-2;/h6-7H,1,3-5H2,2H3,(H2,10,11,13,14);2*1-2H3;/q-1;;;/p-1. The van der Waals surface area contributed by atoms with Gasteiger partial charge in [-0.25, -0.2) is 0 Å². The van der Waals surface area contributed by atoms with Gasteiger partial charge in [0.15, 0.2) is 0 Å². The van der Waals surface area contributed by atoms with Gasteiger partial charge in [0.2, 0.25) is 5.91 Å². The van der Waals surface area contributed by atoms with Gasteiger partial charge in [0.05, 0.1) is 0 Å². The summed E-state index contributed by atoms with van der Waals surface area (Å²) in [6.07, 6.45) is 1.19. The first kappa shape index (κ1) is 27.1. The molecule has 2 amide bonds. The SMILES string of the molecule is CC.CC.[CH2-]CC(=O)[N-]C(CCC=O)C(=O)NC.[Y]. The van der Waals surface area contributed by atoms with Gasteiger partial charge in [-0.3, -0.25) is 4.79 Å². The van der Waals surface area contributed by atoms with Gasteiger partial charge in [-0.05, 0) is 6.04 Å². The van der Waals surface area contributed by atoms with Crippen LogP contribution in [0.5, 0.6) is 0 Å². The maximum atomic E-state index is 11.2. The van der Waals surface area contributed by atoms with Crippen LogP contribution >= 0.6 is 0 Å². The predicted octanol–water partition coefficient (Wildman–Crippen LogP) is 2.25. The first-order chi connectivity index (χ1) is 8.65. The van der Waals surface area contributed by atoms with E-state index >= 15 is 0 Å². The Balaban J connectivity index is -0.000000204. The van der Waals surface area contributed by atoms with E-state index in [0.717, 1.165) is 0 Å². The molecule has 0 saturated carbocycles. The first-order valence-corrected chi connectivity index (χ1v) is 6.33. The van der Waals surface area contributed by atoms with Crippen LogP contribution in [0.2, 0.25) is 0 Å². The molecule has 0 aromatic heterocycles. The Morgan fingerprint density at radius 3 is 2.05 bits per heavy atom.